The van der Waals surface area contributed by atoms with E-state index in [2.05, 4.69) is 41.2 Å². The van der Waals surface area contributed by atoms with Gasteiger partial charge in [0.15, 0.2) is 0 Å². The molecule has 0 saturated carbocycles. The summed E-state index contributed by atoms with van der Waals surface area (Å²) < 4.78 is 3.30. The fraction of sp³-hybridized carbons (Fsp3) is 0.136. The van der Waals surface area contributed by atoms with Gasteiger partial charge in [0.1, 0.15) is 5.69 Å². The van der Waals surface area contributed by atoms with Gasteiger partial charge in [0.2, 0.25) is 5.91 Å². The molecule has 4 heterocycles. The van der Waals surface area contributed by atoms with Gasteiger partial charge in [0.05, 0.1) is 18.8 Å². The van der Waals surface area contributed by atoms with Crippen LogP contribution in [0.4, 0.5) is 0 Å². The molecule has 3 aromatic heterocycles. The maximum atomic E-state index is 12.2. The maximum Gasteiger partial charge on any atom is 0.246 e. The first kappa shape index (κ1) is 16.9. The van der Waals surface area contributed by atoms with Crippen LogP contribution in [0.25, 0.3) is 32.5 Å². The molecule has 6 heteroatoms. The molecule has 0 spiro atoms. The van der Waals surface area contributed by atoms with Crippen molar-refractivity contribution in [2.75, 3.05) is 6.54 Å². The van der Waals surface area contributed by atoms with Gasteiger partial charge in [0.25, 0.3) is 0 Å². The average molecular weight is 386 g/mol. The highest BCUT2D eigenvalue weighted by Gasteiger charge is 2.27. The third kappa shape index (κ3) is 2.73. The number of fused-ring (bicyclic) bond motifs is 2. The second-order valence-electron chi connectivity index (χ2n) is 6.77. The number of carbonyl (C=O) groups excluding carboxylic acids is 1. The zero-order valence-corrected chi connectivity index (χ0v) is 16.0. The van der Waals surface area contributed by atoms with Crippen molar-refractivity contribution in [3.8, 4) is 22.4 Å². The lowest BCUT2D eigenvalue weighted by atomic mass is 9.98. The summed E-state index contributed by atoms with van der Waals surface area (Å²) in [5.41, 5.74) is 5.21. The molecule has 0 saturated heterocycles. The summed E-state index contributed by atoms with van der Waals surface area (Å²) in [7, 11) is 0. The topological polar surface area (TPSA) is 51.0 Å². The summed E-state index contributed by atoms with van der Waals surface area (Å²) >= 11 is 1.74. The zero-order valence-electron chi connectivity index (χ0n) is 15.2. The monoisotopic (exact) mass is 386 g/mol. The fourth-order valence-electron chi connectivity index (χ4n) is 3.77. The van der Waals surface area contributed by atoms with Gasteiger partial charge in [-0.25, -0.2) is 0 Å². The molecule has 1 amide bonds. The van der Waals surface area contributed by atoms with E-state index in [1.54, 1.807) is 23.7 Å². The quantitative estimate of drug-likeness (QED) is 0.492. The SMILES string of the molecule is C=CC(=O)N1CCn2nc(-c3ccc4sccc4c3)c(-c3ccncc3)c2C1. The lowest BCUT2D eigenvalue weighted by molar-refractivity contribution is -0.127. The van der Waals surface area contributed by atoms with E-state index in [0.29, 0.717) is 19.6 Å². The van der Waals surface area contributed by atoms with Gasteiger partial charge in [-0.15, -0.1) is 11.3 Å². The van der Waals surface area contributed by atoms with Crippen molar-refractivity contribution < 1.29 is 4.79 Å². The normalized spacial score (nSPS) is 13.5. The van der Waals surface area contributed by atoms with Crippen molar-refractivity contribution in [1.82, 2.24) is 19.7 Å². The first-order chi connectivity index (χ1) is 13.7. The number of nitrogens with zero attached hydrogens (tertiary/aromatic N) is 4. The molecule has 0 atom stereocenters. The molecule has 0 radical (unpaired) electrons. The summed E-state index contributed by atoms with van der Waals surface area (Å²) in [5.74, 6) is -0.0469. The van der Waals surface area contributed by atoms with E-state index in [0.717, 1.165) is 28.1 Å². The fourth-order valence-corrected chi connectivity index (χ4v) is 4.54. The number of hydrogen-bond acceptors (Lipinski definition) is 4. The number of rotatable bonds is 3. The third-order valence-corrected chi connectivity index (χ3v) is 6.06. The van der Waals surface area contributed by atoms with Crippen molar-refractivity contribution in [1.29, 1.82) is 0 Å². The van der Waals surface area contributed by atoms with E-state index in [1.807, 2.05) is 21.7 Å². The molecule has 1 aromatic carbocycles. The molecular formula is C22H18N4OS. The molecule has 138 valence electrons. The van der Waals surface area contributed by atoms with E-state index < -0.39 is 0 Å². The van der Waals surface area contributed by atoms with Crippen molar-refractivity contribution in [2.24, 2.45) is 0 Å². The molecule has 0 aliphatic carbocycles. The minimum atomic E-state index is -0.0469. The van der Waals surface area contributed by atoms with E-state index >= 15 is 0 Å². The van der Waals surface area contributed by atoms with Crippen LogP contribution in [-0.4, -0.2) is 32.1 Å². The summed E-state index contributed by atoms with van der Waals surface area (Å²) in [6.45, 7) is 5.46. The average Bonchev–Trinajstić information content (AvgIpc) is 3.37. The molecular weight excluding hydrogens is 368 g/mol. The third-order valence-electron chi connectivity index (χ3n) is 5.16. The number of amides is 1. The molecule has 1 aliphatic heterocycles. The lowest BCUT2D eigenvalue weighted by Crippen LogP contribution is -2.37. The Labute approximate surface area is 166 Å². The van der Waals surface area contributed by atoms with Crippen LogP contribution in [0.3, 0.4) is 0 Å². The zero-order chi connectivity index (χ0) is 19.1. The van der Waals surface area contributed by atoms with Crippen molar-refractivity contribution in [2.45, 2.75) is 13.1 Å². The Hall–Kier alpha value is -3.25. The lowest BCUT2D eigenvalue weighted by Gasteiger charge is -2.27. The van der Waals surface area contributed by atoms with Gasteiger partial charge in [-0.05, 0) is 52.7 Å². The first-order valence-electron chi connectivity index (χ1n) is 9.13. The highest BCUT2D eigenvalue weighted by molar-refractivity contribution is 7.17. The molecule has 0 bridgehead atoms. The molecule has 0 fully saturated rings. The number of aromatic nitrogens is 3. The summed E-state index contributed by atoms with van der Waals surface area (Å²) in [6, 6.07) is 12.6. The maximum absolute atomic E-state index is 12.2. The van der Waals surface area contributed by atoms with Crippen molar-refractivity contribution in [3.63, 3.8) is 0 Å². The van der Waals surface area contributed by atoms with Gasteiger partial charge >= 0.3 is 0 Å². The minimum Gasteiger partial charge on any atom is -0.331 e. The van der Waals surface area contributed by atoms with Gasteiger partial charge in [0, 0.05) is 34.8 Å². The summed E-state index contributed by atoms with van der Waals surface area (Å²) in [6.07, 6.45) is 4.96. The molecule has 5 rings (SSSR count). The highest BCUT2D eigenvalue weighted by atomic mass is 32.1. The number of carbonyl (C=O) groups is 1. The van der Waals surface area contributed by atoms with Crippen LogP contribution in [0.1, 0.15) is 5.69 Å². The predicted octanol–water partition coefficient (Wildman–Crippen LogP) is 4.36. The standard InChI is InChI=1S/C22H18N4OS/c1-2-20(27)25-10-11-26-18(14-25)21(15-5-8-23-9-6-15)22(24-26)17-3-4-19-16(13-17)7-12-28-19/h2-9,12-13H,1,10-11,14H2. The van der Waals surface area contributed by atoms with Gasteiger partial charge < -0.3 is 4.90 Å². The number of benzene rings is 1. The van der Waals surface area contributed by atoms with Crippen LogP contribution in [0.5, 0.6) is 0 Å². The minimum absolute atomic E-state index is 0.0469. The van der Waals surface area contributed by atoms with E-state index in [9.17, 15) is 4.79 Å². The Morgan fingerprint density at radius 1 is 1.11 bits per heavy atom. The molecule has 0 N–H and O–H groups in total. The Morgan fingerprint density at radius 3 is 2.79 bits per heavy atom. The highest BCUT2D eigenvalue weighted by Crippen LogP contribution is 2.37. The van der Waals surface area contributed by atoms with Crippen LogP contribution in [0.2, 0.25) is 0 Å². The van der Waals surface area contributed by atoms with Crippen molar-refractivity contribution >= 4 is 27.3 Å². The van der Waals surface area contributed by atoms with Crippen molar-refractivity contribution in [3.05, 3.63) is 72.5 Å². The predicted molar refractivity (Wildman–Crippen MR) is 112 cm³/mol. The van der Waals surface area contributed by atoms with Gasteiger partial charge in [-0.3, -0.25) is 14.5 Å². The Kier molecular flexibility index (Phi) is 4.06. The Bertz CT molecular complexity index is 1190. The Morgan fingerprint density at radius 2 is 1.96 bits per heavy atom. The van der Waals surface area contributed by atoms with Gasteiger partial charge in [-0.1, -0.05) is 12.6 Å². The summed E-state index contributed by atoms with van der Waals surface area (Å²) in [5, 5.41) is 8.27. The van der Waals surface area contributed by atoms with E-state index in [4.69, 9.17) is 5.10 Å². The molecule has 28 heavy (non-hydrogen) atoms. The number of pyridine rings is 1. The molecule has 5 nitrogen and oxygen atoms in total. The number of hydrogen-bond donors (Lipinski definition) is 0. The first-order valence-corrected chi connectivity index (χ1v) is 10.0. The number of thiophene rings is 1. The van der Waals surface area contributed by atoms with Crippen LogP contribution < -0.4 is 0 Å². The second-order valence-corrected chi connectivity index (χ2v) is 7.71. The van der Waals surface area contributed by atoms with Gasteiger partial charge in [-0.2, -0.15) is 5.10 Å². The Balaban J connectivity index is 1.70. The molecule has 1 aliphatic rings. The molecule has 0 unspecified atom stereocenters. The van der Waals surface area contributed by atoms with E-state index in [-0.39, 0.29) is 5.91 Å². The summed E-state index contributed by atoms with van der Waals surface area (Å²) in [4.78, 5) is 18.2. The van der Waals surface area contributed by atoms with Crippen LogP contribution in [0.15, 0.2) is 66.8 Å². The second kappa shape index (κ2) is 6.73. The van der Waals surface area contributed by atoms with Crippen LogP contribution in [-0.2, 0) is 17.9 Å². The van der Waals surface area contributed by atoms with Crippen LogP contribution in [0, 0.1) is 0 Å². The molecule has 4 aromatic rings. The smallest absolute Gasteiger partial charge is 0.246 e. The van der Waals surface area contributed by atoms with E-state index in [1.165, 1.54) is 16.2 Å². The van der Waals surface area contributed by atoms with Crippen LogP contribution >= 0.6 is 11.3 Å². The largest absolute Gasteiger partial charge is 0.331 e.